The molecule has 21 heavy (non-hydrogen) atoms. The van der Waals surface area contributed by atoms with Crippen LogP contribution in [0.1, 0.15) is 24.8 Å². The largest absolute Gasteiger partial charge is 0.508 e. The molecule has 1 aliphatic heterocycles. The number of carbonyl (C=O) groups excluding carboxylic acids is 2. The van der Waals surface area contributed by atoms with Crippen molar-refractivity contribution in [3.05, 3.63) is 54.1 Å². The quantitative estimate of drug-likeness (QED) is 0.645. The van der Waals surface area contributed by atoms with E-state index in [9.17, 15) is 14.7 Å². The SMILES string of the molecule is O=C(/C=C/C[C@H]1CC=CC(=O)O1)CCc1cccc(O)c1. The van der Waals surface area contributed by atoms with Crippen molar-refractivity contribution in [1.29, 1.82) is 0 Å². The number of ketones is 1. The molecule has 1 aromatic rings. The van der Waals surface area contributed by atoms with Crippen molar-refractivity contribution in [2.45, 2.75) is 31.8 Å². The van der Waals surface area contributed by atoms with Gasteiger partial charge in [-0.1, -0.05) is 24.3 Å². The van der Waals surface area contributed by atoms with Gasteiger partial charge in [0.25, 0.3) is 0 Å². The molecule has 0 saturated heterocycles. The van der Waals surface area contributed by atoms with Crippen LogP contribution >= 0.6 is 0 Å². The van der Waals surface area contributed by atoms with Crippen LogP contribution in [0.25, 0.3) is 0 Å². The fourth-order valence-corrected chi connectivity index (χ4v) is 2.13. The van der Waals surface area contributed by atoms with Crippen LogP contribution in [0.15, 0.2) is 48.6 Å². The third kappa shape index (κ3) is 5.26. The standard InChI is InChI=1S/C17H18O4/c18-14(11-10-13-4-1-6-15(19)12-13)5-2-7-16-8-3-9-17(20)21-16/h1-6,9,12,16,19H,7-8,10-11H2/b5-2+/t16-/m0/s1. The van der Waals surface area contributed by atoms with Crippen molar-refractivity contribution in [2.24, 2.45) is 0 Å². The van der Waals surface area contributed by atoms with Gasteiger partial charge in [0.1, 0.15) is 11.9 Å². The van der Waals surface area contributed by atoms with Gasteiger partial charge in [-0.2, -0.15) is 0 Å². The highest BCUT2D eigenvalue weighted by molar-refractivity contribution is 5.89. The van der Waals surface area contributed by atoms with Crippen LogP contribution in [0.2, 0.25) is 0 Å². The minimum Gasteiger partial charge on any atom is -0.508 e. The first-order valence-corrected chi connectivity index (χ1v) is 6.98. The average molecular weight is 286 g/mol. The Labute approximate surface area is 123 Å². The molecule has 4 nitrogen and oxygen atoms in total. The lowest BCUT2D eigenvalue weighted by Crippen LogP contribution is -2.19. The zero-order valence-electron chi connectivity index (χ0n) is 11.7. The summed E-state index contributed by atoms with van der Waals surface area (Å²) in [6.45, 7) is 0. The molecule has 0 aromatic heterocycles. The predicted octanol–water partition coefficient (Wildman–Crippen LogP) is 2.71. The van der Waals surface area contributed by atoms with Gasteiger partial charge in [-0.05, 0) is 30.2 Å². The number of phenols is 1. The molecule has 1 N–H and O–H groups in total. The molecule has 0 aliphatic carbocycles. The first-order chi connectivity index (χ1) is 10.1. The van der Waals surface area contributed by atoms with E-state index in [4.69, 9.17) is 4.74 Å². The molecule has 0 amide bonds. The highest BCUT2D eigenvalue weighted by Crippen LogP contribution is 2.13. The number of cyclic esters (lactones) is 1. The van der Waals surface area contributed by atoms with Gasteiger partial charge < -0.3 is 9.84 Å². The number of aryl methyl sites for hydroxylation is 1. The summed E-state index contributed by atoms with van der Waals surface area (Å²) in [4.78, 5) is 22.8. The van der Waals surface area contributed by atoms with E-state index in [1.165, 1.54) is 12.2 Å². The van der Waals surface area contributed by atoms with E-state index >= 15 is 0 Å². The third-order valence-corrected chi connectivity index (χ3v) is 3.21. The fourth-order valence-electron chi connectivity index (χ4n) is 2.13. The Morgan fingerprint density at radius 1 is 1.43 bits per heavy atom. The molecule has 1 heterocycles. The van der Waals surface area contributed by atoms with Crippen LogP contribution in [0.3, 0.4) is 0 Å². The summed E-state index contributed by atoms with van der Waals surface area (Å²) in [5, 5.41) is 9.34. The number of phenolic OH excluding ortho intramolecular Hbond substituents is 1. The van der Waals surface area contributed by atoms with E-state index in [0.717, 1.165) is 5.56 Å². The van der Waals surface area contributed by atoms with E-state index in [2.05, 4.69) is 0 Å². The monoisotopic (exact) mass is 286 g/mol. The van der Waals surface area contributed by atoms with Crippen LogP contribution in [0.5, 0.6) is 5.75 Å². The van der Waals surface area contributed by atoms with Gasteiger partial charge in [0, 0.05) is 25.3 Å². The molecule has 0 fully saturated rings. The van der Waals surface area contributed by atoms with Gasteiger partial charge in [0.05, 0.1) is 0 Å². The van der Waals surface area contributed by atoms with Crippen molar-refractivity contribution in [2.75, 3.05) is 0 Å². The van der Waals surface area contributed by atoms with Crippen LogP contribution in [-0.2, 0) is 20.7 Å². The molecule has 110 valence electrons. The number of hydrogen-bond acceptors (Lipinski definition) is 4. The molecule has 1 aliphatic rings. The lowest BCUT2D eigenvalue weighted by Gasteiger charge is -2.16. The number of ether oxygens (including phenoxy) is 1. The summed E-state index contributed by atoms with van der Waals surface area (Å²) in [6.07, 6.45) is 8.55. The first-order valence-electron chi connectivity index (χ1n) is 6.98. The second-order valence-electron chi connectivity index (χ2n) is 4.97. The number of hydrogen-bond donors (Lipinski definition) is 1. The minimum atomic E-state index is -0.324. The predicted molar refractivity (Wildman–Crippen MR) is 78.8 cm³/mol. The number of allylic oxidation sites excluding steroid dienone is 1. The van der Waals surface area contributed by atoms with Crippen molar-refractivity contribution in [1.82, 2.24) is 0 Å². The Hall–Kier alpha value is -2.36. The van der Waals surface area contributed by atoms with Crippen molar-refractivity contribution in [3.8, 4) is 5.75 Å². The van der Waals surface area contributed by atoms with Crippen LogP contribution in [-0.4, -0.2) is 23.0 Å². The molecule has 4 heteroatoms. The van der Waals surface area contributed by atoms with Gasteiger partial charge in [-0.25, -0.2) is 4.79 Å². The number of rotatable bonds is 6. The third-order valence-electron chi connectivity index (χ3n) is 3.21. The Bertz CT molecular complexity index is 572. The van der Waals surface area contributed by atoms with Crippen molar-refractivity contribution in [3.63, 3.8) is 0 Å². The van der Waals surface area contributed by atoms with Crippen molar-refractivity contribution >= 4 is 11.8 Å². The second kappa shape index (κ2) is 7.43. The van der Waals surface area contributed by atoms with Crippen LogP contribution < -0.4 is 0 Å². The number of benzene rings is 1. The fraction of sp³-hybridized carbons (Fsp3) is 0.294. The van der Waals surface area contributed by atoms with E-state index in [-0.39, 0.29) is 23.6 Å². The molecule has 1 aromatic carbocycles. The molecule has 0 saturated carbocycles. The topological polar surface area (TPSA) is 63.6 Å². The molecular formula is C17H18O4. The summed E-state index contributed by atoms with van der Waals surface area (Å²) in [7, 11) is 0. The van der Waals surface area contributed by atoms with Gasteiger partial charge in [0.15, 0.2) is 5.78 Å². The molecule has 0 bridgehead atoms. The Balaban J connectivity index is 1.73. The molecular weight excluding hydrogens is 268 g/mol. The molecule has 0 spiro atoms. The Morgan fingerprint density at radius 3 is 3.05 bits per heavy atom. The van der Waals surface area contributed by atoms with Gasteiger partial charge in [-0.3, -0.25) is 4.79 Å². The van der Waals surface area contributed by atoms with Crippen LogP contribution in [0, 0.1) is 0 Å². The van der Waals surface area contributed by atoms with E-state index in [1.54, 1.807) is 30.4 Å². The summed E-state index contributed by atoms with van der Waals surface area (Å²) in [6, 6.07) is 6.90. The number of esters is 1. The maximum atomic E-state index is 11.7. The van der Waals surface area contributed by atoms with E-state index in [1.807, 2.05) is 6.07 Å². The normalized spacial score (nSPS) is 17.9. The Kier molecular flexibility index (Phi) is 5.32. The lowest BCUT2D eigenvalue weighted by atomic mass is 10.1. The van der Waals surface area contributed by atoms with Gasteiger partial charge >= 0.3 is 5.97 Å². The minimum absolute atomic E-state index is 0.0241. The van der Waals surface area contributed by atoms with E-state index < -0.39 is 0 Å². The second-order valence-corrected chi connectivity index (χ2v) is 4.97. The first kappa shape index (κ1) is 15.0. The average Bonchev–Trinajstić information content (AvgIpc) is 2.45. The molecule has 1 atom stereocenters. The van der Waals surface area contributed by atoms with Gasteiger partial charge in [-0.15, -0.1) is 0 Å². The summed E-state index contributed by atoms with van der Waals surface area (Å²) >= 11 is 0. The van der Waals surface area contributed by atoms with Crippen molar-refractivity contribution < 1.29 is 19.4 Å². The Morgan fingerprint density at radius 2 is 2.29 bits per heavy atom. The van der Waals surface area contributed by atoms with Crippen LogP contribution in [0.4, 0.5) is 0 Å². The summed E-state index contributed by atoms with van der Waals surface area (Å²) in [5.74, 6) is -0.0893. The number of aromatic hydroxyl groups is 1. The molecule has 2 rings (SSSR count). The molecule has 0 unspecified atom stereocenters. The van der Waals surface area contributed by atoms with Gasteiger partial charge in [0.2, 0.25) is 0 Å². The maximum Gasteiger partial charge on any atom is 0.330 e. The maximum absolute atomic E-state index is 11.7. The highest BCUT2D eigenvalue weighted by atomic mass is 16.5. The number of carbonyl (C=O) groups is 2. The lowest BCUT2D eigenvalue weighted by molar-refractivity contribution is -0.143. The summed E-state index contributed by atoms with van der Waals surface area (Å²) < 4.78 is 5.09. The summed E-state index contributed by atoms with van der Waals surface area (Å²) in [5.41, 5.74) is 0.933. The van der Waals surface area contributed by atoms with E-state index in [0.29, 0.717) is 25.7 Å². The highest BCUT2D eigenvalue weighted by Gasteiger charge is 2.14. The zero-order chi connectivity index (χ0) is 15.1. The zero-order valence-corrected chi connectivity index (χ0v) is 11.7. The molecule has 0 radical (unpaired) electrons. The smallest absolute Gasteiger partial charge is 0.330 e.